The van der Waals surface area contributed by atoms with Gasteiger partial charge in [-0.1, -0.05) is 24.9 Å². The first-order valence-corrected chi connectivity index (χ1v) is 8.03. The predicted molar refractivity (Wildman–Crippen MR) is 87.6 cm³/mol. The van der Waals surface area contributed by atoms with Gasteiger partial charge in [0.15, 0.2) is 0 Å². The second-order valence-electron chi connectivity index (χ2n) is 5.60. The van der Waals surface area contributed by atoms with Crippen molar-refractivity contribution in [1.82, 2.24) is 4.90 Å². The summed E-state index contributed by atoms with van der Waals surface area (Å²) < 4.78 is 0. The number of hydrogen-bond acceptors (Lipinski definition) is 3. The van der Waals surface area contributed by atoms with Crippen LogP contribution in [0.15, 0.2) is 24.3 Å². The molecule has 1 unspecified atom stereocenters. The minimum atomic E-state index is 0.685. The predicted octanol–water partition coefficient (Wildman–Crippen LogP) is 2.84. The van der Waals surface area contributed by atoms with Crippen LogP contribution in [0.5, 0.6) is 0 Å². The zero-order valence-electron chi connectivity index (χ0n) is 12.4. The summed E-state index contributed by atoms with van der Waals surface area (Å²) in [6.07, 6.45) is 2.43. The van der Waals surface area contributed by atoms with Crippen LogP contribution in [-0.4, -0.2) is 44.2 Å². The second kappa shape index (κ2) is 7.87. The lowest BCUT2D eigenvalue weighted by Crippen LogP contribution is -2.47. The minimum absolute atomic E-state index is 0.685. The molecule has 0 spiro atoms. The Morgan fingerprint density at radius 1 is 1.15 bits per heavy atom. The fourth-order valence-electron chi connectivity index (χ4n) is 2.74. The van der Waals surface area contributed by atoms with E-state index < -0.39 is 0 Å². The van der Waals surface area contributed by atoms with E-state index in [-0.39, 0.29) is 0 Å². The molecule has 3 nitrogen and oxygen atoms in total. The third-order valence-corrected chi connectivity index (χ3v) is 4.58. The van der Waals surface area contributed by atoms with Crippen LogP contribution in [-0.2, 0) is 0 Å². The molecule has 0 amide bonds. The normalized spacial score (nSPS) is 18.2. The highest BCUT2D eigenvalue weighted by molar-refractivity contribution is 6.30. The van der Waals surface area contributed by atoms with E-state index in [0.29, 0.717) is 5.92 Å². The molecular weight excluding hydrogens is 270 g/mol. The highest BCUT2D eigenvalue weighted by atomic mass is 35.5. The minimum Gasteiger partial charge on any atom is -0.369 e. The second-order valence-corrected chi connectivity index (χ2v) is 6.04. The number of halogens is 1. The summed E-state index contributed by atoms with van der Waals surface area (Å²) in [4.78, 5) is 5.00. The van der Waals surface area contributed by atoms with Crippen LogP contribution in [0, 0.1) is 5.92 Å². The van der Waals surface area contributed by atoms with Gasteiger partial charge in [-0.3, -0.25) is 4.90 Å². The summed E-state index contributed by atoms with van der Waals surface area (Å²) in [6, 6.07) is 8.16. The number of anilines is 1. The van der Waals surface area contributed by atoms with Crippen LogP contribution >= 0.6 is 11.6 Å². The first-order chi connectivity index (χ1) is 9.72. The molecule has 0 aromatic heterocycles. The lowest BCUT2D eigenvalue weighted by Gasteiger charge is -2.36. The quantitative estimate of drug-likeness (QED) is 0.876. The van der Waals surface area contributed by atoms with Gasteiger partial charge in [-0.05, 0) is 49.7 Å². The van der Waals surface area contributed by atoms with Crippen LogP contribution in [0.3, 0.4) is 0 Å². The van der Waals surface area contributed by atoms with Crippen LogP contribution in [0.1, 0.15) is 19.8 Å². The third-order valence-electron chi connectivity index (χ3n) is 4.33. The Balaban J connectivity index is 1.76. The molecule has 4 heteroatoms. The molecule has 1 heterocycles. The van der Waals surface area contributed by atoms with Gasteiger partial charge in [0.25, 0.3) is 0 Å². The van der Waals surface area contributed by atoms with Gasteiger partial charge in [0.05, 0.1) is 0 Å². The first-order valence-electron chi connectivity index (χ1n) is 7.66. The van der Waals surface area contributed by atoms with E-state index in [1.807, 2.05) is 12.1 Å². The highest BCUT2D eigenvalue weighted by Crippen LogP contribution is 2.19. The molecule has 112 valence electrons. The summed E-state index contributed by atoms with van der Waals surface area (Å²) in [6.45, 7) is 8.72. The van der Waals surface area contributed by atoms with Crippen molar-refractivity contribution in [2.24, 2.45) is 11.7 Å². The number of rotatable bonds is 6. The molecule has 2 N–H and O–H groups in total. The lowest BCUT2D eigenvalue weighted by molar-refractivity contribution is 0.237. The Kier molecular flexibility index (Phi) is 6.14. The van der Waals surface area contributed by atoms with Gasteiger partial charge in [-0.25, -0.2) is 0 Å². The van der Waals surface area contributed by atoms with Gasteiger partial charge in [0.1, 0.15) is 0 Å². The van der Waals surface area contributed by atoms with E-state index in [1.165, 1.54) is 25.1 Å². The van der Waals surface area contributed by atoms with Crippen LogP contribution in [0.25, 0.3) is 0 Å². The van der Waals surface area contributed by atoms with Crippen LogP contribution in [0.4, 0.5) is 5.69 Å². The van der Waals surface area contributed by atoms with Gasteiger partial charge in [0.2, 0.25) is 0 Å². The zero-order chi connectivity index (χ0) is 14.4. The summed E-state index contributed by atoms with van der Waals surface area (Å²) in [5, 5.41) is 0.805. The fraction of sp³-hybridized carbons (Fsp3) is 0.625. The van der Waals surface area contributed by atoms with Gasteiger partial charge in [-0.2, -0.15) is 0 Å². The van der Waals surface area contributed by atoms with E-state index in [1.54, 1.807) is 0 Å². The Morgan fingerprint density at radius 2 is 1.80 bits per heavy atom. The SMILES string of the molecule is CCC(CN)CCN1CCN(c2ccc(Cl)cc2)CC1. The maximum Gasteiger partial charge on any atom is 0.0407 e. The smallest absolute Gasteiger partial charge is 0.0407 e. The van der Waals surface area contributed by atoms with Crippen molar-refractivity contribution < 1.29 is 0 Å². The van der Waals surface area contributed by atoms with Crippen molar-refractivity contribution in [3.63, 3.8) is 0 Å². The molecule has 0 bridgehead atoms. The molecule has 20 heavy (non-hydrogen) atoms. The van der Waals surface area contributed by atoms with Gasteiger partial charge < -0.3 is 10.6 Å². The average molecular weight is 296 g/mol. The zero-order valence-corrected chi connectivity index (χ0v) is 13.1. The molecule has 1 aromatic carbocycles. The van der Waals surface area contributed by atoms with E-state index in [2.05, 4.69) is 28.9 Å². The Hall–Kier alpha value is -0.770. The molecular formula is C16H26ClN3. The summed E-state index contributed by atoms with van der Waals surface area (Å²) in [7, 11) is 0. The van der Waals surface area contributed by atoms with Crippen molar-refractivity contribution in [3.8, 4) is 0 Å². The maximum atomic E-state index is 5.94. The Labute approximate surface area is 127 Å². The van der Waals surface area contributed by atoms with Gasteiger partial charge in [0, 0.05) is 36.9 Å². The van der Waals surface area contributed by atoms with E-state index >= 15 is 0 Å². The van der Waals surface area contributed by atoms with Crippen LogP contribution in [0.2, 0.25) is 5.02 Å². The standard InChI is InChI=1S/C16H26ClN3/c1-2-14(13-18)7-8-19-9-11-20(12-10-19)16-5-3-15(17)4-6-16/h3-6,14H,2,7-13,18H2,1H3. The van der Waals surface area contributed by atoms with Crippen molar-refractivity contribution in [2.75, 3.05) is 44.2 Å². The Bertz CT molecular complexity index is 381. The fourth-order valence-corrected chi connectivity index (χ4v) is 2.86. The molecule has 1 aliphatic rings. The molecule has 1 saturated heterocycles. The van der Waals surface area contributed by atoms with Crippen molar-refractivity contribution in [3.05, 3.63) is 29.3 Å². The number of nitrogens with two attached hydrogens (primary N) is 1. The van der Waals surface area contributed by atoms with Crippen molar-refractivity contribution in [2.45, 2.75) is 19.8 Å². The molecule has 0 aliphatic carbocycles. The number of hydrogen-bond donors (Lipinski definition) is 1. The summed E-state index contributed by atoms with van der Waals surface area (Å²) in [5.74, 6) is 0.685. The lowest BCUT2D eigenvalue weighted by atomic mass is 10.0. The van der Waals surface area contributed by atoms with Gasteiger partial charge >= 0.3 is 0 Å². The first kappa shape index (κ1) is 15.6. The highest BCUT2D eigenvalue weighted by Gasteiger charge is 2.17. The van der Waals surface area contributed by atoms with Crippen LogP contribution < -0.4 is 10.6 Å². The number of benzene rings is 1. The third kappa shape index (κ3) is 4.37. The van der Waals surface area contributed by atoms with E-state index in [4.69, 9.17) is 17.3 Å². The Morgan fingerprint density at radius 3 is 2.35 bits per heavy atom. The molecule has 0 saturated carbocycles. The molecule has 1 aliphatic heterocycles. The largest absolute Gasteiger partial charge is 0.369 e. The summed E-state index contributed by atoms with van der Waals surface area (Å²) in [5.41, 5.74) is 7.05. The molecule has 1 atom stereocenters. The van der Waals surface area contributed by atoms with Crippen molar-refractivity contribution >= 4 is 17.3 Å². The average Bonchev–Trinajstić information content (AvgIpc) is 2.50. The van der Waals surface area contributed by atoms with Crippen molar-refractivity contribution in [1.29, 1.82) is 0 Å². The molecule has 1 fully saturated rings. The topological polar surface area (TPSA) is 32.5 Å². The molecule has 2 rings (SSSR count). The maximum absolute atomic E-state index is 5.94. The van der Waals surface area contributed by atoms with E-state index in [0.717, 1.165) is 37.7 Å². The molecule has 1 aromatic rings. The molecule has 0 radical (unpaired) electrons. The summed E-state index contributed by atoms with van der Waals surface area (Å²) >= 11 is 5.94. The number of nitrogens with zero attached hydrogens (tertiary/aromatic N) is 2. The number of piperazine rings is 1. The van der Waals surface area contributed by atoms with E-state index in [9.17, 15) is 0 Å². The monoisotopic (exact) mass is 295 g/mol. The van der Waals surface area contributed by atoms with Gasteiger partial charge in [-0.15, -0.1) is 0 Å².